The minimum absolute atomic E-state index is 0.141. The topological polar surface area (TPSA) is 87.4 Å². The highest BCUT2D eigenvalue weighted by molar-refractivity contribution is 5.81. The maximum absolute atomic E-state index is 13.4. The van der Waals surface area contributed by atoms with Gasteiger partial charge in [-0.2, -0.15) is 0 Å². The van der Waals surface area contributed by atoms with E-state index in [9.17, 15) is 4.79 Å². The minimum Gasteiger partial charge on any atom is -0.384 e. The Bertz CT molecular complexity index is 939. The number of amides is 1. The van der Waals surface area contributed by atoms with E-state index in [-0.39, 0.29) is 17.7 Å². The summed E-state index contributed by atoms with van der Waals surface area (Å²) in [6.45, 7) is 6.44. The Hall–Kier alpha value is -2.67. The monoisotopic (exact) mass is 406 g/mol. The predicted molar refractivity (Wildman–Crippen MR) is 118 cm³/mol. The molecule has 30 heavy (non-hydrogen) atoms. The molecule has 2 aliphatic heterocycles. The first-order chi connectivity index (χ1) is 14.7. The van der Waals surface area contributed by atoms with Gasteiger partial charge in [-0.25, -0.2) is 9.97 Å². The second-order valence-electron chi connectivity index (χ2n) is 8.73. The van der Waals surface area contributed by atoms with Gasteiger partial charge in [0.05, 0.1) is 5.92 Å². The molecular weight excluding hydrogens is 376 g/mol. The lowest BCUT2D eigenvalue weighted by molar-refractivity contribution is -0.136. The molecule has 0 radical (unpaired) electrons. The van der Waals surface area contributed by atoms with E-state index in [4.69, 9.17) is 5.73 Å². The molecule has 3 N–H and O–H groups in total. The molecule has 0 bridgehead atoms. The van der Waals surface area contributed by atoms with Crippen molar-refractivity contribution in [1.82, 2.24) is 14.9 Å². The Kier molecular flexibility index (Phi) is 5.06. The lowest BCUT2D eigenvalue weighted by atomic mass is 9.86. The number of para-hydroxylation sites is 1. The molecule has 7 nitrogen and oxygen atoms in total. The van der Waals surface area contributed by atoms with E-state index in [1.165, 1.54) is 16.8 Å². The molecule has 2 aromatic rings. The van der Waals surface area contributed by atoms with Gasteiger partial charge in [0, 0.05) is 62.1 Å². The SMILES string of the molecule is C[C@@H]1CCc2ncnc(N3CCN(C(=O)[C@H](CN)C4CNc5ccccc54)CC3)c21. The number of carbonyl (C=O) groups excluding carboxylic acids is 1. The Morgan fingerprint density at radius 2 is 2.03 bits per heavy atom. The summed E-state index contributed by atoms with van der Waals surface area (Å²) < 4.78 is 0. The molecule has 5 rings (SSSR count). The summed E-state index contributed by atoms with van der Waals surface area (Å²) in [5.74, 6) is 1.72. The molecule has 0 saturated carbocycles. The van der Waals surface area contributed by atoms with Gasteiger partial charge in [-0.15, -0.1) is 0 Å². The molecule has 1 aromatic carbocycles. The summed E-state index contributed by atoms with van der Waals surface area (Å²) in [4.78, 5) is 26.8. The molecule has 1 unspecified atom stereocenters. The lowest BCUT2D eigenvalue weighted by Crippen LogP contribution is -2.52. The largest absolute Gasteiger partial charge is 0.384 e. The molecule has 1 saturated heterocycles. The number of aromatic nitrogens is 2. The van der Waals surface area contributed by atoms with Crippen molar-refractivity contribution in [1.29, 1.82) is 0 Å². The maximum Gasteiger partial charge on any atom is 0.227 e. The first kappa shape index (κ1) is 19.3. The van der Waals surface area contributed by atoms with Gasteiger partial charge in [0.1, 0.15) is 12.1 Å². The number of benzene rings is 1. The standard InChI is InChI=1S/C23H30N6O/c1-15-6-7-20-21(15)22(27-14-26-20)28-8-10-29(11-9-28)23(30)17(12-24)18-13-25-19-5-3-2-4-16(18)19/h2-5,14-15,17-18,25H,6-13,24H2,1H3/t15-,17-,18?/m1/s1. The van der Waals surface area contributed by atoms with Crippen LogP contribution in [0.15, 0.2) is 30.6 Å². The normalized spacial score (nSPS) is 23.7. The molecular formula is C23H30N6O. The maximum atomic E-state index is 13.4. The van der Waals surface area contributed by atoms with Crippen molar-refractivity contribution >= 4 is 17.4 Å². The number of rotatable bonds is 4. The fourth-order valence-electron chi connectivity index (χ4n) is 5.36. The highest BCUT2D eigenvalue weighted by Crippen LogP contribution is 2.38. The quantitative estimate of drug-likeness (QED) is 0.807. The van der Waals surface area contributed by atoms with Gasteiger partial charge in [-0.1, -0.05) is 25.1 Å². The molecule has 3 aliphatic rings. The lowest BCUT2D eigenvalue weighted by Gasteiger charge is -2.38. The van der Waals surface area contributed by atoms with Crippen LogP contribution in [0.4, 0.5) is 11.5 Å². The Labute approximate surface area is 177 Å². The third kappa shape index (κ3) is 3.21. The average Bonchev–Trinajstić information content (AvgIpc) is 3.39. The zero-order chi connectivity index (χ0) is 20.7. The smallest absolute Gasteiger partial charge is 0.227 e. The van der Waals surface area contributed by atoms with Gasteiger partial charge in [-0.05, 0) is 30.4 Å². The molecule has 7 heteroatoms. The van der Waals surface area contributed by atoms with Crippen LogP contribution in [0.25, 0.3) is 0 Å². The summed E-state index contributed by atoms with van der Waals surface area (Å²) in [6.07, 6.45) is 3.88. The molecule has 3 atom stereocenters. The first-order valence-corrected chi connectivity index (χ1v) is 11.1. The highest BCUT2D eigenvalue weighted by Gasteiger charge is 2.37. The number of hydrogen-bond donors (Lipinski definition) is 2. The van der Waals surface area contributed by atoms with Crippen LogP contribution in [0.5, 0.6) is 0 Å². The van der Waals surface area contributed by atoms with Crippen LogP contribution >= 0.6 is 0 Å². The summed E-state index contributed by atoms with van der Waals surface area (Å²) >= 11 is 0. The van der Waals surface area contributed by atoms with Crippen LogP contribution in [0.3, 0.4) is 0 Å². The van der Waals surface area contributed by atoms with Crippen LogP contribution in [0.2, 0.25) is 0 Å². The molecule has 0 spiro atoms. The van der Waals surface area contributed by atoms with Crippen LogP contribution < -0.4 is 16.0 Å². The van der Waals surface area contributed by atoms with E-state index in [1.807, 2.05) is 17.0 Å². The zero-order valence-electron chi connectivity index (χ0n) is 17.6. The Morgan fingerprint density at radius 3 is 2.83 bits per heavy atom. The zero-order valence-corrected chi connectivity index (χ0v) is 17.6. The third-order valence-corrected chi connectivity index (χ3v) is 7.07. The van der Waals surface area contributed by atoms with Crippen molar-refractivity contribution in [2.45, 2.75) is 31.6 Å². The summed E-state index contributed by atoms with van der Waals surface area (Å²) in [6, 6.07) is 8.26. The van der Waals surface area contributed by atoms with Gasteiger partial charge < -0.3 is 20.9 Å². The third-order valence-electron chi connectivity index (χ3n) is 7.07. The predicted octanol–water partition coefficient (Wildman–Crippen LogP) is 1.96. The van der Waals surface area contributed by atoms with Crippen LogP contribution in [-0.2, 0) is 11.2 Å². The van der Waals surface area contributed by atoms with Crippen molar-refractivity contribution in [3.8, 4) is 0 Å². The Balaban J connectivity index is 1.28. The molecule has 1 amide bonds. The highest BCUT2D eigenvalue weighted by atomic mass is 16.2. The van der Waals surface area contributed by atoms with Crippen LogP contribution in [-0.4, -0.2) is 60.0 Å². The van der Waals surface area contributed by atoms with E-state index >= 15 is 0 Å². The van der Waals surface area contributed by atoms with Crippen LogP contribution in [0, 0.1) is 5.92 Å². The minimum atomic E-state index is -0.184. The van der Waals surface area contributed by atoms with Gasteiger partial charge in [0.25, 0.3) is 0 Å². The molecule has 158 valence electrons. The van der Waals surface area contributed by atoms with Crippen molar-refractivity contribution in [3.05, 3.63) is 47.4 Å². The number of aryl methyl sites for hydroxylation is 1. The summed E-state index contributed by atoms with van der Waals surface area (Å²) in [7, 11) is 0. The van der Waals surface area contributed by atoms with Crippen molar-refractivity contribution in [3.63, 3.8) is 0 Å². The number of nitrogens with zero attached hydrogens (tertiary/aromatic N) is 4. The second kappa shape index (κ2) is 7.87. The number of hydrogen-bond acceptors (Lipinski definition) is 6. The van der Waals surface area contributed by atoms with Gasteiger partial charge in [0.2, 0.25) is 5.91 Å². The number of piperazine rings is 1. The summed E-state index contributed by atoms with van der Waals surface area (Å²) in [5.41, 5.74) is 11.0. The van der Waals surface area contributed by atoms with Crippen molar-refractivity contribution < 1.29 is 4.79 Å². The van der Waals surface area contributed by atoms with E-state index in [1.54, 1.807) is 6.33 Å². The first-order valence-electron chi connectivity index (χ1n) is 11.1. The fraction of sp³-hybridized carbons (Fsp3) is 0.522. The number of fused-ring (bicyclic) bond motifs is 2. The number of carbonyl (C=O) groups is 1. The van der Waals surface area contributed by atoms with Crippen molar-refractivity contribution in [2.75, 3.05) is 49.5 Å². The van der Waals surface area contributed by atoms with Gasteiger partial charge in [0.15, 0.2) is 0 Å². The Morgan fingerprint density at radius 1 is 1.23 bits per heavy atom. The molecule has 1 aliphatic carbocycles. The van der Waals surface area contributed by atoms with Crippen molar-refractivity contribution in [2.24, 2.45) is 11.7 Å². The van der Waals surface area contributed by atoms with E-state index in [0.717, 1.165) is 44.0 Å². The average molecular weight is 407 g/mol. The van der Waals surface area contributed by atoms with Gasteiger partial charge in [-0.3, -0.25) is 4.79 Å². The number of anilines is 2. The second-order valence-corrected chi connectivity index (χ2v) is 8.73. The van der Waals surface area contributed by atoms with Crippen LogP contribution in [0.1, 0.15) is 42.0 Å². The van der Waals surface area contributed by atoms with E-state index < -0.39 is 0 Å². The number of nitrogens with two attached hydrogens (primary N) is 1. The summed E-state index contributed by atoms with van der Waals surface area (Å²) in [5, 5.41) is 3.43. The molecule has 3 heterocycles. The van der Waals surface area contributed by atoms with E-state index in [0.29, 0.717) is 25.6 Å². The fourth-order valence-corrected chi connectivity index (χ4v) is 5.36. The number of nitrogens with one attached hydrogen (secondary N) is 1. The molecule has 1 aromatic heterocycles. The molecule has 1 fully saturated rings. The van der Waals surface area contributed by atoms with E-state index in [2.05, 4.69) is 39.2 Å². The van der Waals surface area contributed by atoms with Gasteiger partial charge >= 0.3 is 0 Å².